The predicted octanol–water partition coefficient (Wildman–Crippen LogP) is 4.06. The van der Waals surface area contributed by atoms with Gasteiger partial charge in [0.25, 0.3) is 0 Å². The van der Waals surface area contributed by atoms with Gasteiger partial charge in [-0.15, -0.1) is 0 Å². The van der Waals surface area contributed by atoms with E-state index in [-0.39, 0.29) is 5.54 Å². The molecule has 1 aromatic rings. The number of hydrogen-bond acceptors (Lipinski definition) is 2. The maximum Gasteiger partial charge on any atom is 0.0680 e. The Labute approximate surface area is 100.0 Å². The van der Waals surface area contributed by atoms with Crippen molar-refractivity contribution in [1.29, 1.82) is 0 Å². The molecule has 0 radical (unpaired) electrons. The average Bonchev–Trinajstić information content (AvgIpc) is 2.08. The summed E-state index contributed by atoms with van der Waals surface area (Å²) < 4.78 is 1.02. The molecule has 0 saturated heterocycles. The second kappa shape index (κ2) is 4.14. The number of nitrogens with zero attached hydrogens (tertiary/aromatic N) is 1. The standard InChI is InChI=1S/C12H18BrNO/c1-8-6-9(2)11(7-10(8)13)14(15)12(3,4)5/h6-7,15H,1-5H3. The van der Waals surface area contributed by atoms with Crippen molar-refractivity contribution >= 4 is 21.6 Å². The third-order valence-electron chi connectivity index (χ3n) is 2.34. The Balaban J connectivity index is 3.21. The number of rotatable bonds is 1. The van der Waals surface area contributed by atoms with Crippen molar-refractivity contribution in [2.75, 3.05) is 5.06 Å². The van der Waals surface area contributed by atoms with E-state index in [4.69, 9.17) is 0 Å². The van der Waals surface area contributed by atoms with Crippen molar-refractivity contribution in [2.24, 2.45) is 0 Å². The van der Waals surface area contributed by atoms with Crippen LogP contribution in [-0.2, 0) is 0 Å². The summed E-state index contributed by atoms with van der Waals surface area (Å²) in [6.07, 6.45) is 0. The number of benzene rings is 1. The van der Waals surface area contributed by atoms with Gasteiger partial charge in [0, 0.05) is 4.47 Å². The Hall–Kier alpha value is -0.540. The van der Waals surface area contributed by atoms with Gasteiger partial charge in [-0.05, 0) is 51.8 Å². The molecule has 0 aliphatic carbocycles. The molecule has 15 heavy (non-hydrogen) atoms. The number of aryl methyl sites for hydroxylation is 2. The molecular formula is C12H18BrNO. The van der Waals surface area contributed by atoms with Crippen molar-refractivity contribution in [2.45, 2.75) is 40.2 Å². The molecule has 0 spiro atoms. The van der Waals surface area contributed by atoms with Crippen molar-refractivity contribution in [1.82, 2.24) is 0 Å². The van der Waals surface area contributed by atoms with E-state index in [2.05, 4.69) is 22.0 Å². The highest BCUT2D eigenvalue weighted by atomic mass is 79.9. The second-order valence-corrected chi connectivity index (χ2v) is 5.72. The van der Waals surface area contributed by atoms with E-state index in [1.54, 1.807) is 0 Å². The first-order valence-corrected chi connectivity index (χ1v) is 5.78. The number of halogens is 1. The molecule has 0 saturated carbocycles. The van der Waals surface area contributed by atoms with Gasteiger partial charge >= 0.3 is 0 Å². The van der Waals surface area contributed by atoms with Crippen LogP contribution in [0.1, 0.15) is 31.9 Å². The highest BCUT2D eigenvalue weighted by molar-refractivity contribution is 9.10. The van der Waals surface area contributed by atoms with Crippen LogP contribution in [0.5, 0.6) is 0 Å². The Morgan fingerprint density at radius 3 is 2.13 bits per heavy atom. The summed E-state index contributed by atoms with van der Waals surface area (Å²) >= 11 is 3.48. The van der Waals surface area contributed by atoms with Gasteiger partial charge in [-0.2, -0.15) is 0 Å². The summed E-state index contributed by atoms with van der Waals surface area (Å²) in [7, 11) is 0. The molecule has 0 amide bonds. The summed E-state index contributed by atoms with van der Waals surface area (Å²) in [5, 5.41) is 11.4. The molecule has 2 nitrogen and oxygen atoms in total. The van der Waals surface area contributed by atoms with Gasteiger partial charge in [-0.1, -0.05) is 22.0 Å². The first-order valence-electron chi connectivity index (χ1n) is 4.99. The summed E-state index contributed by atoms with van der Waals surface area (Å²) in [4.78, 5) is 0. The summed E-state index contributed by atoms with van der Waals surface area (Å²) in [5.41, 5.74) is 2.81. The molecule has 1 N–H and O–H groups in total. The maximum absolute atomic E-state index is 10.1. The first-order chi connectivity index (χ1) is 6.73. The number of hydrogen-bond donors (Lipinski definition) is 1. The number of hydroxylamine groups is 1. The molecule has 0 unspecified atom stereocenters. The summed E-state index contributed by atoms with van der Waals surface area (Å²) in [6.45, 7) is 9.96. The molecule has 0 atom stereocenters. The van der Waals surface area contributed by atoms with Gasteiger partial charge in [-0.3, -0.25) is 10.3 Å². The molecular weight excluding hydrogens is 254 g/mol. The lowest BCUT2D eigenvalue weighted by molar-refractivity contribution is 0.180. The third-order valence-corrected chi connectivity index (χ3v) is 3.20. The van der Waals surface area contributed by atoms with Crippen LogP contribution in [-0.4, -0.2) is 10.7 Å². The Morgan fingerprint density at radius 1 is 1.13 bits per heavy atom. The van der Waals surface area contributed by atoms with Crippen LogP contribution in [0.2, 0.25) is 0 Å². The van der Waals surface area contributed by atoms with Crippen LogP contribution in [0.25, 0.3) is 0 Å². The largest absolute Gasteiger partial charge is 0.288 e. The summed E-state index contributed by atoms with van der Waals surface area (Å²) in [6, 6.07) is 4.02. The van der Waals surface area contributed by atoms with Crippen molar-refractivity contribution in [3.63, 3.8) is 0 Å². The quantitative estimate of drug-likeness (QED) is 0.779. The molecule has 1 aromatic carbocycles. The minimum atomic E-state index is -0.292. The Kier molecular flexibility index (Phi) is 3.46. The zero-order chi connectivity index (χ0) is 11.8. The van der Waals surface area contributed by atoms with E-state index in [1.807, 2.05) is 40.7 Å². The van der Waals surface area contributed by atoms with E-state index in [0.29, 0.717) is 0 Å². The fourth-order valence-corrected chi connectivity index (χ4v) is 1.74. The van der Waals surface area contributed by atoms with Gasteiger partial charge in [0.05, 0.1) is 11.2 Å². The molecule has 0 bridgehead atoms. The topological polar surface area (TPSA) is 23.5 Å². The van der Waals surface area contributed by atoms with Crippen molar-refractivity contribution in [3.8, 4) is 0 Å². The highest BCUT2D eigenvalue weighted by Gasteiger charge is 2.21. The van der Waals surface area contributed by atoms with Crippen LogP contribution in [0.3, 0.4) is 0 Å². The lowest BCUT2D eigenvalue weighted by Crippen LogP contribution is -2.39. The van der Waals surface area contributed by atoms with E-state index in [9.17, 15) is 5.21 Å². The highest BCUT2D eigenvalue weighted by Crippen LogP contribution is 2.30. The van der Waals surface area contributed by atoms with E-state index >= 15 is 0 Å². The van der Waals surface area contributed by atoms with E-state index < -0.39 is 0 Å². The fourth-order valence-electron chi connectivity index (χ4n) is 1.40. The lowest BCUT2D eigenvalue weighted by Gasteiger charge is -2.32. The molecule has 0 aliphatic rings. The van der Waals surface area contributed by atoms with Crippen molar-refractivity contribution < 1.29 is 5.21 Å². The van der Waals surface area contributed by atoms with Crippen LogP contribution in [0.4, 0.5) is 5.69 Å². The van der Waals surface area contributed by atoms with Crippen LogP contribution < -0.4 is 5.06 Å². The maximum atomic E-state index is 10.1. The van der Waals surface area contributed by atoms with Crippen molar-refractivity contribution in [3.05, 3.63) is 27.7 Å². The zero-order valence-electron chi connectivity index (χ0n) is 9.93. The molecule has 84 valence electrons. The average molecular weight is 272 g/mol. The third kappa shape index (κ3) is 2.73. The van der Waals surface area contributed by atoms with Crippen LogP contribution in [0, 0.1) is 13.8 Å². The van der Waals surface area contributed by atoms with Gasteiger partial charge in [0.1, 0.15) is 0 Å². The van der Waals surface area contributed by atoms with Gasteiger partial charge in [0.2, 0.25) is 0 Å². The van der Waals surface area contributed by atoms with Crippen LogP contribution in [0.15, 0.2) is 16.6 Å². The molecule has 1 rings (SSSR count). The Morgan fingerprint density at radius 2 is 1.67 bits per heavy atom. The van der Waals surface area contributed by atoms with Gasteiger partial charge in [-0.25, -0.2) is 0 Å². The minimum absolute atomic E-state index is 0.292. The zero-order valence-corrected chi connectivity index (χ0v) is 11.5. The van der Waals surface area contributed by atoms with Gasteiger partial charge < -0.3 is 0 Å². The molecule has 0 aliphatic heterocycles. The molecule has 3 heteroatoms. The SMILES string of the molecule is Cc1cc(C)c(N(O)C(C)(C)C)cc1Br. The van der Waals surface area contributed by atoms with Crippen LogP contribution >= 0.6 is 15.9 Å². The van der Waals surface area contributed by atoms with E-state index in [1.165, 1.54) is 10.6 Å². The first kappa shape index (κ1) is 12.5. The second-order valence-electron chi connectivity index (χ2n) is 4.87. The minimum Gasteiger partial charge on any atom is -0.288 e. The fraction of sp³-hybridized carbons (Fsp3) is 0.500. The number of anilines is 1. The predicted molar refractivity (Wildman–Crippen MR) is 67.6 cm³/mol. The Bertz CT molecular complexity index is 369. The van der Waals surface area contributed by atoms with Gasteiger partial charge in [0.15, 0.2) is 0 Å². The van der Waals surface area contributed by atoms with E-state index in [0.717, 1.165) is 15.7 Å². The monoisotopic (exact) mass is 271 g/mol. The normalized spacial score (nSPS) is 11.7. The lowest BCUT2D eigenvalue weighted by atomic mass is 10.0. The summed E-state index contributed by atoms with van der Waals surface area (Å²) in [5.74, 6) is 0. The molecule has 0 heterocycles. The molecule has 0 fully saturated rings. The molecule has 0 aromatic heterocycles. The smallest absolute Gasteiger partial charge is 0.0680 e.